The topological polar surface area (TPSA) is 81.6 Å². The van der Waals surface area contributed by atoms with Crippen molar-refractivity contribution in [1.29, 1.82) is 0 Å². The highest BCUT2D eigenvalue weighted by Crippen LogP contribution is 2.14. The number of aliphatic hydroxyl groups is 2. The van der Waals surface area contributed by atoms with Crippen molar-refractivity contribution in [3.05, 3.63) is 29.6 Å². The molecule has 1 rings (SSSR count). The van der Waals surface area contributed by atoms with E-state index in [-0.39, 0.29) is 18.7 Å². The van der Waals surface area contributed by atoms with Crippen molar-refractivity contribution >= 4 is 11.6 Å². The van der Waals surface area contributed by atoms with Gasteiger partial charge >= 0.3 is 0 Å². The van der Waals surface area contributed by atoms with Crippen molar-refractivity contribution in [2.24, 2.45) is 0 Å². The molecule has 0 aliphatic carbocycles. The number of rotatable bonds is 5. The van der Waals surface area contributed by atoms with Gasteiger partial charge in [-0.25, -0.2) is 4.39 Å². The number of carbonyl (C=O) groups excluding carboxylic acids is 1. The molecule has 0 aromatic heterocycles. The SMILES string of the molecule is CNC(=O)c1cc(NCC(O)CO)ccc1F. The number of hydrogen-bond donors (Lipinski definition) is 4. The van der Waals surface area contributed by atoms with E-state index in [0.717, 1.165) is 6.07 Å². The molecule has 6 heteroatoms. The van der Waals surface area contributed by atoms with Gasteiger partial charge < -0.3 is 20.8 Å². The second-order valence-electron chi connectivity index (χ2n) is 3.49. The van der Waals surface area contributed by atoms with Crippen molar-refractivity contribution in [3.8, 4) is 0 Å². The maximum Gasteiger partial charge on any atom is 0.254 e. The van der Waals surface area contributed by atoms with Gasteiger partial charge in [0.2, 0.25) is 0 Å². The van der Waals surface area contributed by atoms with Gasteiger partial charge in [0.05, 0.1) is 18.3 Å². The molecule has 0 saturated heterocycles. The second-order valence-corrected chi connectivity index (χ2v) is 3.49. The largest absolute Gasteiger partial charge is 0.394 e. The lowest BCUT2D eigenvalue weighted by Crippen LogP contribution is -2.23. The Balaban J connectivity index is 2.78. The van der Waals surface area contributed by atoms with E-state index in [2.05, 4.69) is 10.6 Å². The third-order valence-electron chi connectivity index (χ3n) is 2.19. The molecule has 1 amide bonds. The minimum atomic E-state index is -0.900. The molecule has 0 aliphatic heterocycles. The zero-order chi connectivity index (χ0) is 12.8. The molecule has 0 heterocycles. The summed E-state index contributed by atoms with van der Waals surface area (Å²) in [7, 11) is 1.41. The van der Waals surface area contributed by atoms with E-state index in [0.29, 0.717) is 5.69 Å². The van der Waals surface area contributed by atoms with Gasteiger partial charge in [-0.05, 0) is 18.2 Å². The van der Waals surface area contributed by atoms with Crippen LogP contribution in [0, 0.1) is 5.82 Å². The van der Waals surface area contributed by atoms with Crippen LogP contribution >= 0.6 is 0 Å². The monoisotopic (exact) mass is 242 g/mol. The Morgan fingerprint density at radius 2 is 2.24 bits per heavy atom. The molecule has 0 saturated carbocycles. The molecular formula is C11H15FN2O3. The van der Waals surface area contributed by atoms with Gasteiger partial charge in [-0.15, -0.1) is 0 Å². The van der Waals surface area contributed by atoms with E-state index in [1.165, 1.54) is 19.2 Å². The van der Waals surface area contributed by atoms with Crippen LogP contribution in [0.4, 0.5) is 10.1 Å². The normalized spacial score (nSPS) is 12.0. The molecule has 0 bridgehead atoms. The summed E-state index contributed by atoms with van der Waals surface area (Å²) < 4.78 is 13.3. The maximum atomic E-state index is 13.3. The molecule has 0 spiro atoms. The van der Waals surface area contributed by atoms with E-state index < -0.39 is 17.8 Å². The van der Waals surface area contributed by atoms with Crippen molar-refractivity contribution in [1.82, 2.24) is 5.32 Å². The molecular weight excluding hydrogens is 227 g/mol. The number of aliphatic hydroxyl groups excluding tert-OH is 2. The molecule has 94 valence electrons. The first-order valence-electron chi connectivity index (χ1n) is 5.13. The summed E-state index contributed by atoms with van der Waals surface area (Å²) in [5.74, 6) is -1.13. The van der Waals surface area contributed by atoms with Crippen molar-refractivity contribution in [2.75, 3.05) is 25.5 Å². The molecule has 5 nitrogen and oxygen atoms in total. The summed E-state index contributed by atoms with van der Waals surface area (Å²) in [6.07, 6.45) is -0.900. The molecule has 4 N–H and O–H groups in total. The van der Waals surface area contributed by atoms with Crippen LogP contribution in [0.3, 0.4) is 0 Å². The Bertz CT molecular complexity index is 398. The fourth-order valence-corrected chi connectivity index (χ4v) is 1.24. The van der Waals surface area contributed by atoms with Crippen LogP contribution < -0.4 is 10.6 Å². The van der Waals surface area contributed by atoms with Crippen LogP contribution in [0.2, 0.25) is 0 Å². The van der Waals surface area contributed by atoms with Crippen molar-refractivity contribution in [3.63, 3.8) is 0 Å². The third kappa shape index (κ3) is 3.69. The Labute approximate surface area is 98.3 Å². The fraction of sp³-hybridized carbons (Fsp3) is 0.364. The summed E-state index contributed by atoms with van der Waals surface area (Å²) in [4.78, 5) is 11.3. The average molecular weight is 242 g/mol. The maximum absolute atomic E-state index is 13.3. The quantitative estimate of drug-likeness (QED) is 0.583. The van der Waals surface area contributed by atoms with Crippen LogP contribution in [-0.2, 0) is 0 Å². The predicted octanol–water partition coefficient (Wildman–Crippen LogP) is -0.0496. The van der Waals surface area contributed by atoms with Gasteiger partial charge in [0, 0.05) is 19.3 Å². The van der Waals surface area contributed by atoms with Crippen LogP contribution in [0.25, 0.3) is 0 Å². The number of carbonyl (C=O) groups is 1. The third-order valence-corrected chi connectivity index (χ3v) is 2.19. The van der Waals surface area contributed by atoms with E-state index in [4.69, 9.17) is 10.2 Å². The summed E-state index contributed by atoms with van der Waals surface area (Å²) in [6.45, 7) is -0.244. The number of benzene rings is 1. The highest BCUT2D eigenvalue weighted by molar-refractivity contribution is 5.95. The molecule has 1 aromatic carbocycles. The van der Waals surface area contributed by atoms with Gasteiger partial charge in [-0.3, -0.25) is 4.79 Å². The predicted molar refractivity (Wildman–Crippen MR) is 61.4 cm³/mol. The molecule has 0 fully saturated rings. The lowest BCUT2D eigenvalue weighted by atomic mass is 10.1. The molecule has 1 atom stereocenters. The first kappa shape index (κ1) is 13.4. The zero-order valence-corrected chi connectivity index (χ0v) is 9.40. The zero-order valence-electron chi connectivity index (χ0n) is 9.40. The molecule has 17 heavy (non-hydrogen) atoms. The van der Waals surface area contributed by atoms with E-state index in [1.54, 1.807) is 0 Å². The van der Waals surface area contributed by atoms with Crippen LogP contribution in [0.5, 0.6) is 0 Å². The second kappa shape index (κ2) is 6.17. The summed E-state index contributed by atoms with van der Waals surface area (Å²) in [5, 5.41) is 22.9. The first-order valence-corrected chi connectivity index (χ1v) is 5.13. The van der Waals surface area contributed by atoms with Gasteiger partial charge in [-0.2, -0.15) is 0 Å². The first-order chi connectivity index (χ1) is 8.08. The number of halogens is 1. The highest BCUT2D eigenvalue weighted by Gasteiger charge is 2.11. The van der Waals surface area contributed by atoms with Crippen LogP contribution in [0.15, 0.2) is 18.2 Å². The smallest absolute Gasteiger partial charge is 0.254 e. The lowest BCUT2D eigenvalue weighted by Gasteiger charge is -2.11. The number of hydrogen-bond acceptors (Lipinski definition) is 4. The summed E-state index contributed by atoms with van der Waals surface area (Å²) in [5.41, 5.74) is 0.425. The Hall–Kier alpha value is -1.66. The highest BCUT2D eigenvalue weighted by atomic mass is 19.1. The van der Waals surface area contributed by atoms with Gasteiger partial charge in [0.15, 0.2) is 0 Å². The van der Waals surface area contributed by atoms with Crippen LogP contribution in [0.1, 0.15) is 10.4 Å². The molecule has 1 aromatic rings. The van der Waals surface area contributed by atoms with E-state index in [9.17, 15) is 9.18 Å². The minimum absolute atomic E-state index is 0.0732. The van der Waals surface area contributed by atoms with E-state index >= 15 is 0 Å². The number of amides is 1. The molecule has 0 radical (unpaired) electrons. The summed E-state index contributed by atoms with van der Waals surface area (Å²) >= 11 is 0. The van der Waals surface area contributed by atoms with Crippen molar-refractivity contribution < 1.29 is 19.4 Å². The standard InChI is InChI=1S/C11H15FN2O3/c1-13-11(17)9-4-7(2-3-10(9)12)14-5-8(16)6-15/h2-4,8,14-16H,5-6H2,1H3,(H,13,17). The van der Waals surface area contributed by atoms with Gasteiger partial charge in [0.1, 0.15) is 5.82 Å². The number of anilines is 1. The number of nitrogens with one attached hydrogen (secondary N) is 2. The fourth-order valence-electron chi connectivity index (χ4n) is 1.24. The Morgan fingerprint density at radius 3 is 2.82 bits per heavy atom. The van der Waals surface area contributed by atoms with Crippen LogP contribution in [-0.4, -0.2) is 42.4 Å². The van der Waals surface area contributed by atoms with Gasteiger partial charge in [-0.1, -0.05) is 0 Å². The minimum Gasteiger partial charge on any atom is -0.394 e. The summed E-state index contributed by atoms with van der Waals surface area (Å²) in [6, 6.07) is 3.96. The Kier molecular flexibility index (Phi) is 4.86. The Morgan fingerprint density at radius 1 is 1.53 bits per heavy atom. The molecule has 1 unspecified atom stereocenters. The average Bonchev–Trinajstić information content (AvgIpc) is 2.36. The molecule has 0 aliphatic rings. The lowest BCUT2D eigenvalue weighted by molar-refractivity contribution is 0.0959. The van der Waals surface area contributed by atoms with E-state index in [1.807, 2.05) is 0 Å². The van der Waals surface area contributed by atoms with Gasteiger partial charge in [0.25, 0.3) is 5.91 Å². The van der Waals surface area contributed by atoms with Crippen molar-refractivity contribution in [2.45, 2.75) is 6.10 Å².